The monoisotopic (exact) mass is 279 g/mol. The lowest BCUT2D eigenvalue weighted by Gasteiger charge is -2.17. The number of nitrogens with one attached hydrogen (secondary N) is 1. The summed E-state index contributed by atoms with van der Waals surface area (Å²) in [6, 6.07) is 16.9. The second kappa shape index (κ2) is 5.48. The van der Waals surface area contributed by atoms with E-state index in [1.54, 1.807) is 0 Å². The Morgan fingerprint density at radius 2 is 1.37 bits per heavy atom. The van der Waals surface area contributed by atoms with Gasteiger partial charge in [-0.05, 0) is 22.9 Å². The maximum Gasteiger partial charge on any atom is 0.211 e. The van der Waals surface area contributed by atoms with E-state index in [1.165, 1.54) is 21.7 Å². The molecule has 0 spiro atoms. The second-order valence-electron chi connectivity index (χ2n) is 3.80. The predicted molar refractivity (Wildman–Crippen MR) is 58.0 cm³/mol. The average molecular weight is 280 g/mol. The highest BCUT2D eigenvalue weighted by molar-refractivity contribution is 6.04. The van der Waals surface area contributed by atoms with Crippen molar-refractivity contribution in [3.05, 3.63) is 54.7 Å². The van der Waals surface area contributed by atoms with Gasteiger partial charge >= 0.3 is 0 Å². The van der Waals surface area contributed by atoms with Gasteiger partial charge in [0.1, 0.15) is 0 Å². The number of hydrogen-bond acceptors (Lipinski definition) is 4. The Kier molecular flexibility index (Phi) is 3.94. The molecule has 1 aromatic heterocycles. The van der Waals surface area contributed by atoms with Gasteiger partial charge in [0.2, 0.25) is 5.52 Å². The number of H-pyrrole nitrogens is 1. The summed E-state index contributed by atoms with van der Waals surface area (Å²) in [5.41, 5.74) is 1.19. The number of fused-ring (bicyclic) bond motifs is 3. The zero-order valence-corrected chi connectivity index (χ0v) is 10.5. The van der Waals surface area contributed by atoms with Crippen LogP contribution in [-0.2, 0) is 0 Å². The Bertz CT molecular complexity index is 636. The van der Waals surface area contributed by atoms with Crippen LogP contribution in [0.15, 0.2) is 54.7 Å². The third-order valence-corrected chi connectivity index (χ3v) is 2.57. The van der Waals surface area contributed by atoms with Gasteiger partial charge in [0.05, 0.1) is 5.39 Å². The normalized spacial score (nSPS) is 11.2. The number of pyridine rings is 1. The Hall–Kier alpha value is -1.76. The second-order valence-corrected chi connectivity index (χ2v) is 4.55. The molecule has 0 unspecified atom stereocenters. The molecule has 0 aliphatic heterocycles. The van der Waals surface area contributed by atoms with E-state index in [0.29, 0.717) is 0 Å². The molecule has 19 heavy (non-hydrogen) atoms. The van der Waals surface area contributed by atoms with Gasteiger partial charge in [-0.25, -0.2) is 23.6 Å². The van der Waals surface area contributed by atoms with Crippen molar-refractivity contribution in [2.45, 2.75) is 0 Å². The number of rotatable bonds is 0. The van der Waals surface area contributed by atoms with E-state index in [0.717, 1.165) is 0 Å². The number of halogens is 1. The first kappa shape index (κ1) is 13.7. The molecule has 1 N–H and O–H groups in total. The molecular formula is C13H10ClNO4. The molecule has 5 nitrogen and oxygen atoms in total. The molecule has 98 valence electrons. The van der Waals surface area contributed by atoms with Crippen molar-refractivity contribution in [3.8, 4) is 0 Å². The molecule has 0 fully saturated rings. The van der Waals surface area contributed by atoms with Gasteiger partial charge in [0, 0.05) is 12.1 Å². The molecule has 0 bridgehead atoms. The summed E-state index contributed by atoms with van der Waals surface area (Å²) < 4.78 is 34.0. The molecule has 3 rings (SSSR count). The molecule has 0 radical (unpaired) electrons. The van der Waals surface area contributed by atoms with Gasteiger partial charge in [0.25, 0.3) is 0 Å². The Morgan fingerprint density at radius 1 is 0.737 bits per heavy atom. The molecule has 0 amide bonds. The largest absolute Gasteiger partial charge is 0.222 e. The van der Waals surface area contributed by atoms with Crippen molar-refractivity contribution in [1.82, 2.24) is 0 Å². The smallest absolute Gasteiger partial charge is 0.211 e. The summed E-state index contributed by atoms with van der Waals surface area (Å²) in [5.74, 6) is 0. The number of benzene rings is 2. The summed E-state index contributed by atoms with van der Waals surface area (Å²) in [6.45, 7) is 0. The summed E-state index contributed by atoms with van der Waals surface area (Å²) in [6.07, 6.45) is 1.96. The summed E-state index contributed by atoms with van der Waals surface area (Å²) in [4.78, 5) is 3.24. The molecule has 0 aliphatic rings. The van der Waals surface area contributed by atoms with Gasteiger partial charge in [-0.3, -0.25) is 0 Å². The maximum atomic E-state index is 8.49. The highest BCUT2D eigenvalue weighted by Gasteiger charge is 2.02. The SMILES string of the molecule is [O-][Cl+3]([O-])([O-])[O-].c1ccc2c(c1)ccc1[nH+]cccc12. The van der Waals surface area contributed by atoms with Crippen molar-refractivity contribution in [2.24, 2.45) is 0 Å². The lowest BCUT2D eigenvalue weighted by molar-refractivity contribution is -2.00. The molecule has 0 atom stereocenters. The van der Waals surface area contributed by atoms with Gasteiger partial charge < -0.3 is 0 Å². The van der Waals surface area contributed by atoms with E-state index < -0.39 is 10.2 Å². The number of aromatic nitrogens is 1. The standard InChI is InChI=1S/C13H9N.ClHO4/c1-2-5-11-10(4-1)7-8-13-12(11)6-3-9-14-13;2-1(3,4)5/h1-9H;(H,2,3,4,5). The molecular weight excluding hydrogens is 270 g/mol. The first-order valence-electron chi connectivity index (χ1n) is 5.35. The molecule has 0 saturated carbocycles. The van der Waals surface area contributed by atoms with Crippen LogP contribution in [0.4, 0.5) is 0 Å². The molecule has 6 heteroatoms. The molecule has 0 aliphatic carbocycles. The van der Waals surface area contributed by atoms with Crippen molar-refractivity contribution in [2.75, 3.05) is 0 Å². The van der Waals surface area contributed by atoms with Gasteiger partial charge in [0.15, 0.2) is 6.20 Å². The van der Waals surface area contributed by atoms with Crippen LogP contribution < -0.4 is 23.6 Å². The van der Waals surface area contributed by atoms with Crippen LogP contribution in [-0.4, -0.2) is 0 Å². The fraction of sp³-hybridized carbons (Fsp3) is 0. The molecule has 2 aromatic carbocycles. The quantitative estimate of drug-likeness (QED) is 0.446. The van der Waals surface area contributed by atoms with Crippen LogP contribution >= 0.6 is 0 Å². The molecule has 3 aromatic rings. The van der Waals surface area contributed by atoms with Crippen LogP contribution in [0, 0.1) is 10.2 Å². The fourth-order valence-corrected chi connectivity index (χ4v) is 1.88. The summed E-state index contributed by atoms with van der Waals surface area (Å²) >= 11 is 0. The van der Waals surface area contributed by atoms with E-state index in [4.69, 9.17) is 18.6 Å². The lowest BCUT2D eigenvalue weighted by atomic mass is 10.1. The van der Waals surface area contributed by atoms with E-state index in [2.05, 4.69) is 47.4 Å². The summed E-state index contributed by atoms with van der Waals surface area (Å²) in [7, 11) is -4.94. The predicted octanol–water partition coefficient (Wildman–Crippen LogP) is -1.95. The van der Waals surface area contributed by atoms with Gasteiger partial charge in [-0.2, -0.15) is 0 Å². The van der Waals surface area contributed by atoms with E-state index >= 15 is 0 Å². The first-order chi connectivity index (χ1) is 8.95. The molecule has 0 saturated heterocycles. The third kappa shape index (κ3) is 3.85. The van der Waals surface area contributed by atoms with E-state index in [-0.39, 0.29) is 0 Å². The van der Waals surface area contributed by atoms with Crippen molar-refractivity contribution in [3.63, 3.8) is 0 Å². The highest BCUT2D eigenvalue weighted by Crippen LogP contribution is 2.21. The van der Waals surface area contributed by atoms with Crippen LogP contribution in [0.3, 0.4) is 0 Å². The minimum Gasteiger partial charge on any atom is -0.222 e. The average Bonchev–Trinajstić information content (AvgIpc) is 2.37. The van der Waals surface area contributed by atoms with Crippen molar-refractivity contribution >= 4 is 21.7 Å². The zero-order valence-electron chi connectivity index (χ0n) is 9.71. The Balaban J connectivity index is 0.000000232. The minimum atomic E-state index is -4.94. The van der Waals surface area contributed by atoms with Gasteiger partial charge in [-0.1, -0.05) is 24.3 Å². The maximum absolute atomic E-state index is 8.49. The van der Waals surface area contributed by atoms with Crippen LogP contribution in [0.1, 0.15) is 0 Å². The third-order valence-electron chi connectivity index (χ3n) is 2.57. The number of aromatic amines is 1. The minimum absolute atomic E-state index is 1.19. The topological polar surface area (TPSA) is 106 Å². The van der Waals surface area contributed by atoms with Crippen LogP contribution in [0.25, 0.3) is 21.7 Å². The Morgan fingerprint density at radius 3 is 2.11 bits per heavy atom. The van der Waals surface area contributed by atoms with Crippen LogP contribution in [0.2, 0.25) is 0 Å². The first-order valence-corrected chi connectivity index (χ1v) is 6.58. The van der Waals surface area contributed by atoms with Crippen molar-refractivity contribution < 1.29 is 33.9 Å². The van der Waals surface area contributed by atoms with Gasteiger partial charge in [-0.15, -0.1) is 10.2 Å². The van der Waals surface area contributed by atoms with Crippen molar-refractivity contribution in [1.29, 1.82) is 0 Å². The van der Waals surface area contributed by atoms with Crippen LogP contribution in [0.5, 0.6) is 0 Å². The lowest BCUT2D eigenvalue weighted by Crippen LogP contribution is -2.68. The molecule has 1 heterocycles. The highest BCUT2D eigenvalue weighted by atomic mass is 35.7. The fourth-order valence-electron chi connectivity index (χ4n) is 1.88. The zero-order chi connectivity index (χ0) is 13.9. The Labute approximate surface area is 111 Å². The van der Waals surface area contributed by atoms with E-state index in [1.807, 2.05) is 12.3 Å². The summed E-state index contributed by atoms with van der Waals surface area (Å²) in [5, 5.41) is 3.88. The van der Waals surface area contributed by atoms with E-state index in [9.17, 15) is 0 Å². The number of hydrogen-bond donors (Lipinski definition) is 0.